The molecule has 5 heteroatoms. The lowest BCUT2D eigenvalue weighted by Crippen LogP contribution is -2.26. The molecule has 128 valence electrons. The van der Waals surface area contributed by atoms with Gasteiger partial charge in [0.15, 0.2) is 6.10 Å². The number of esters is 1. The van der Waals surface area contributed by atoms with Crippen LogP contribution in [0.25, 0.3) is 22.1 Å². The first-order valence-corrected chi connectivity index (χ1v) is 8.05. The predicted octanol–water partition coefficient (Wildman–Crippen LogP) is 3.79. The highest BCUT2D eigenvalue weighted by molar-refractivity contribution is 5.83. The molecule has 1 atom stereocenters. The van der Waals surface area contributed by atoms with E-state index in [1.165, 1.54) is 0 Å². The summed E-state index contributed by atoms with van der Waals surface area (Å²) >= 11 is 0. The number of ether oxygens (including phenoxy) is 2. The Kier molecular flexibility index (Phi) is 4.84. The smallest absolute Gasteiger partial charge is 0.347 e. The SMILES string of the molecule is CCOC(=O)C(C)Oc1ccc2cc(-c3ccccc3)c(=O)oc2c1. The number of fused-ring (bicyclic) bond motifs is 1. The normalized spacial score (nSPS) is 11.9. The fourth-order valence-electron chi connectivity index (χ4n) is 2.50. The Bertz CT molecular complexity index is 943. The third kappa shape index (κ3) is 3.71. The van der Waals surface area contributed by atoms with Crippen LogP contribution < -0.4 is 10.4 Å². The second-order valence-electron chi connectivity index (χ2n) is 5.53. The van der Waals surface area contributed by atoms with Crippen LogP contribution in [0.5, 0.6) is 5.75 Å². The van der Waals surface area contributed by atoms with E-state index in [0.717, 1.165) is 10.9 Å². The largest absolute Gasteiger partial charge is 0.479 e. The molecule has 0 fully saturated rings. The van der Waals surface area contributed by atoms with Gasteiger partial charge in [0.2, 0.25) is 0 Å². The Morgan fingerprint density at radius 1 is 1.12 bits per heavy atom. The molecule has 0 saturated heterocycles. The zero-order chi connectivity index (χ0) is 17.8. The Hall–Kier alpha value is -3.08. The molecule has 5 nitrogen and oxygen atoms in total. The van der Waals surface area contributed by atoms with Crippen molar-refractivity contribution in [1.82, 2.24) is 0 Å². The van der Waals surface area contributed by atoms with Crippen molar-refractivity contribution in [2.24, 2.45) is 0 Å². The summed E-state index contributed by atoms with van der Waals surface area (Å²) in [5.41, 5.74) is 1.28. The maximum atomic E-state index is 12.3. The first-order valence-electron chi connectivity index (χ1n) is 8.05. The minimum absolute atomic E-state index is 0.293. The lowest BCUT2D eigenvalue weighted by molar-refractivity contribution is -0.150. The quantitative estimate of drug-likeness (QED) is 0.523. The van der Waals surface area contributed by atoms with E-state index < -0.39 is 17.7 Å². The van der Waals surface area contributed by atoms with Gasteiger partial charge in [-0.3, -0.25) is 0 Å². The van der Waals surface area contributed by atoms with Crippen molar-refractivity contribution < 1.29 is 18.7 Å². The first-order chi connectivity index (χ1) is 12.1. The Morgan fingerprint density at radius 3 is 2.60 bits per heavy atom. The van der Waals surface area contributed by atoms with E-state index in [0.29, 0.717) is 23.5 Å². The van der Waals surface area contributed by atoms with E-state index in [1.807, 2.05) is 30.3 Å². The van der Waals surface area contributed by atoms with Gasteiger partial charge in [0, 0.05) is 11.5 Å². The van der Waals surface area contributed by atoms with Gasteiger partial charge in [-0.1, -0.05) is 30.3 Å². The molecule has 0 aliphatic heterocycles. The molecule has 0 radical (unpaired) electrons. The molecular weight excluding hydrogens is 320 g/mol. The molecule has 0 bridgehead atoms. The molecular formula is C20H18O5. The third-order valence-corrected chi connectivity index (χ3v) is 3.72. The number of rotatable bonds is 5. The van der Waals surface area contributed by atoms with Crippen molar-refractivity contribution in [3.63, 3.8) is 0 Å². The van der Waals surface area contributed by atoms with Gasteiger partial charge in [-0.05, 0) is 37.6 Å². The van der Waals surface area contributed by atoms with E-state index in [9.17, 15) is 9.59 Å². The van der Waals surface area contributed by atoms with Crippen molar-refractivity contribution >= 4 is 16.9 Å². The fourth-order valence-corrected chi connectivity index (χ4v) is 2.50. The topological polar surface area (TPSA) is 65.7 Å². The number of carbonyl (C=O) groups excluding carboxylic acids is 1. The highest BCUT2D eigenvalue weighted by Crippen LogP contribution is 2.25. The van der Waals surface area contributed by atoms with Crippen LogP contribution in [0, 0.1) is 0 Å². The van der Waals surface area contributed by atoms with Crippen LogP contribution in [-0.2, 0) is 9.53 Å². The lowest BCUT2D eigenvalue weighted by Gasteiger charge is -2.13. The first kappa shape index (κ1) is 16.8. The second-order valence-corrected chi connectivity index (χ2v) is 5.53. The molecule has 3 aromatic rings. The summed E-state index contributed by atoms with van der Waals surface area (Å²) in [6, 6.07) is 16.2. The average Bonchev–Trinajstić information content (AvgIpc) is 2.62. The Balaban J connectivity index is 1.92. The van der Waals surface area contributed by atoms with Crippen LogP contribution in [0.4, 0.5) is 0 Å². The van der Waals surface area contributed by atoms with Gasteiger partial charge in [0.25, 0.3) is 0 Å². The molecule has 1 aromatic heterocycles. The van der Waals surface area contributed by atoms with E-state index in [4.69, 9.17) is 13.9 Å². The van der Waals surface area contributed by atoms with Gasteiger partial charge >= 0.3 is 11.6 Å². The van der Waals surface area contributed by atoms with Gasteiger partial charge in [-0.15, -0.1) is 0 Å². The van der Waals surface area contributed by atoms with Crippen LogP contribution >= 0.6 is 0 Å². The van der Waals surface area contributed by atoms with E-state index in [1.54, 1.807) is 38.1 Å². The van der Waals surface area contributed by atoms with Crippen LogP contribution in [0.1, 0.15) is 13.8 Å². The summed E-state index contributed by atoms with van der Waals surface area (Å²) in [4.78, 5) is 23.9. The summed E-state index contributed by atoms with van der Waals surface area (Å²) in [5.74, 6) is -0.00728. The summed E-state index contributed by atoms with van der Waals surface area (Å²) in [6.45, 7) is 3.64. The average molecular weight is 338 g/mol. The molecule has 1 heterocycles. The van der Waals surface area contributed by atoms with Gasteiger partial charge in [0.05, 0.1) is 12.2 Å². The summed E-state index contributed by atoms with van der Waals surface area (Å²) in [6.07, 6.45) is -0.743. The third-order valence-electron chi connectivity index (χ3n) is 3.72. The van der Waals surface area contributed by atoms with E-state index in [-0.39, 0.29) is 0 Å². The molecule has 3 rings (SSSR count). The maximum Gasteiger partial charge on any atom is 0.347 e. The van der Waals surface area contributed by atoms with Crippen LogP contribution in [0.15, 0.2) is 63.8 Å². The van der Waals surface area contributed by atoms with E-state index in [2.05, 4.69) is 0 Å². The van der Waals surface area contributed by atoms with Crippen LogP contribution in [0.3, 0.4) is 0 Å². The number of hydrogen-bond donors (Lipinski definition) is 0. The molecule has 1 unspecified atom stereocenters. The highest BCUT2D eigenvalue weighted by atomic mass is 16.6. The van der Waals surface area contributed by atoms with Gasteiger partial charge < -0.3 is 13.9 Å². The summed E-state index contributed by atoms with van der Waals surface area (Å²) in [5, 5.41) is 0.773. The number of benzene rings is 2. The molecule has 25 heavy (non-hydrogen) atoms. The van der Waals surface area contributed by atoms with Gasteiger partial charge in [0.1, 0.15) is 11.3 Å². The van der Waals surface area contributed by atoms with Gasteiger partial charge in [-0.25, -0.2) is 9.59 Å². The predicted molar refractivity (Wildman–Crippen MR) is 94.6 cm³/mol. The zero-order valence-electron chi connectivity index (χ0n) is 14.0. The van der Waals surface area contributed by atoms with Crippen molar-refractivity contribution in [1.29, 1.82) is 0 Å². The second kappa shape index (κ2) is 7.21. The van der Waals surface area contributed by atoms with Gasteiger partial charge in [-0.2, -0.15) is 0 Å². The van der Waals surface area contributed by atoms with E-state index >= 15 is 0 Å². The molecule has 0 spiro atoms. The van der Waals surface area contributed by atoms with Crippen molar-refractivity contribution in [3.8, 4) is 16.9 Å². The lowest BCUT2D eigenvalue weighted by atomic mass is 10.1. The molecule has 0 saturated carbocycles. The van der Waals surface area contributed by atoms with Crippen molar-refractivity contribution in [2.45, 2.75) is 20.0 Å². The molecule has 0 aliphatic rings. The molecule has 0 aliphatic carbocycles. The summed E-state index contributed by atoms with van der Waals surface area (Å²) < 4.78 is 15.9. The fraction of sp³-hybridized carbons (Fsp3) is 0.200. The molecule has 0 amide bonds. The number of carbonyl (C=O) groups is 1. The minimum atomic E-state index is -0.743. The molecule has 0 N–H and O–H groups in total. The Morgan fingerprint density at radius 2 is 1.88 bits per heavy atom. The molecule has 2 aromatic carbocycles. The van der Waals surface area contributed by atoms with Crippen molar-refractivity contribution in [2.75, 3.05) is 6.61 Å². The van der Waals surface area contributed by atoms with Crippen molar-refractivity contribution in [3.05, 3.63) is 65.0 Å². The number of hydrogen-bond acceptors (Lipinski definition) is 5. The Labute approximate surface area is 144 Å². The van der Waals surface area contributed by atoms with Crippen LogP contribution in [-0.4, -0.2) is 18.7 Å². The standard InChI is InChI=1S/C20H18O5/c1-3-23-19(21)13(2)24-16-10-9-15-11-17(14-7-5-4-6-8-14)20(22)25-18(15)12-16/h4-13H,3H2,1-2H3. The zero-order valence-corrected chi connectivity index (χ0v) is 14.0. The maximum absolute atomic E-state index is 12.3. The minimum Gasteiger partial charge on any atom is -0.479 e. The highest BCUT2D eigenvalue weighted by Gasteiger charge is 2.16. The monoisotopic (exact) mass is 338 g/mol. The van der Waals surface area contributed by atoms with Crippen LogP contribution in [0.2, 0.25) is 0 Å². The summed E-state index contributed by atoms with van der Waals surface area (Å²) in [7, 11) is 0.